The second kappa shape index (κ2) is 8.94. The smallest absolute Gasteiger partial charge is 0.387 e. The molecule has 1 amide bonds. The molecule has 0 saturated carbocycles. The number of hydrogen-bond donors (Lipinski definition) is 2. The molecule has 1 aliphatic rings. The van der Waals surface area contributed by atoms with Crippen LogP contribution in [0.15, 0.2) is 30.5 Å². The molecule has 1 aromatic carbocycles. The molecule has 0 aliphatic carbocycles. The Morgan fingerprint density at radius 3 is 2.89 bits per heavy atom. The van der Waals surface area contributed by atoms with Crippen molar-refractivity contribution in [2.45, 2.75) is 26.4 Å². The molecular weight excluding hydrogens is 354 g/mol. The molecule has 146 valence electrons. The molecular formula is C19H24F2N4O2. The van der Waals surface area contributed by atoms with E-state index in [-0.39, 0.29) is 11.7 Å². The number of rotatable bonds is 7. The number of aromatic amines is 1. The normalized spacial score (nSPS) is 15.3. The maximum Gasteiger partial charge on any atom is 0.387 e. The number of alkyl halides is 2. The Morgan fingerprint density at radius 1 is 1.41 bits per heavy atom. The number of likely N-dealkylation sites (tertiary alicyclic amines) is 1. The van der Waals surface area contributed by atoms with Crippen molar-refractivity contribution in [3.63, 3.8) is 0 Å². The van der Waals surface area contributed by atoms with Crippen molar-refractivity contribution in [1.82, 2.24) is 20.4 Å². The van der Waals surface area contributed by atoms with Gasteiger partial charge in [-0.25, -0.2) is 0 Å². The number of aromatic nitrogens is 2. The summed E-state index contributed by atoms with van der Waals surface area (Å²) in [5.74, 6) is 0.529. The SMILES string of the molecule is CCNCC1CCN(C(=O)c2cn[nH]c2-c2cccc(OC(F)F)c2)CC1. The van der Waals surface area contributed by atoms with Crippen molar-refractivity contribution < 1.29 is 18.3 Å². The largest absolute Gasteiger partial charge is 0.435 e. The number of benzene rings is 1. The fourth-order valence-corrected chi connectivity index (χ4v) is 3.36. The Kier molecular flexibility index (Phi) is 6.39. The van der Waals surface area contributed by atoms with Crippen molar-refractivity contribution >= 4 is 5.91 Å². The lowest BCUT2D eigenvalue weighted by Gasteiger charge is -2.32. The highest BCUT2D eigenvalue weighted by Gasteiger charge is 2.26. The number of hydrogen-bond acceptors (Lipinski definition) is 4. The van der Waals surface area contributed by atoms with Gasteiger partial charge in [0.15, 0.2) is 0 Å². The molecule has 1 aromatic heterocycles. The van der Waals surface area contributed by atoms with E-state index in [1.807, 2.05) is 4.90 Å². The molecule has 8 heteroatoms. The summed E-state index contributed by atoms with van der Waals surface area (Å²) in [7, 11) is 0. The zero-order valence-electron chi connectivity index (χ0n) is 15.3. The van der Waals surface area contributed by atoms with Gasteiger partial charge in [-0.15, -0.1) is 0 Å². The summed E-state index contributed by atoms with van der Waals surface area (Å²) in [4.78, 5) is 14.8. The lowest BCUT2D eigenvalue weighted by Crippen LogP contribution is -2.40. The number of halogens is 2. The number of carbonyl (C=O) groups excluding carboxylic acids is 1. The molecule has 0 bridgehead atoms. The molecule has 1 saturated heterocycles. The molecule has 1 aliphatic heterocycles. The molecule has 27 heavy (non-hydrogen) atoms. The van der Waals surface area contributed by atoms with E-state index in [0.29, 0.717) is 35.8 Å². The fourth-order valence-electron chi connectivity index (χ4n) is 3.36. The number of ether oxygens (including phenoxy) is 1. The minimum absolute atomic E-state index is 0.0414. The molecule has 0 radical (unpaired) electrons. The zero-order chi connectivity index (χ0) is 19.2. The van der Waals surface area contributed by atoms with Crippen LogP contribution in [0.25, 0.3) is 11.3 Å². The van der Waals surface area contributed by atoms with Crippen LogP contribution in [0.1, 0.15) is 30.1 Å². The van der Waals surface area contributed by atoms with Crippen molar-refractivity contribution in [3.05, 3.63) is 36.0 Å². The average Bonchev–Trinajstić information content (AvgIpc) is 3.16. The minimum Gasteiger partial charge on any atom is -0.435 e. The van der Waals surface area contributed by atoms with E-state index < -0.39 is 6.61 Å². The van der Waals surface area contributed by atoms with Crippen LogP contribution in [-0.2, 0) is 0 Å². The maximum atomic E-state index is 12.9. The minimum atomic E-state index is -2.90. The van der Waals surface area contributed by atoms with Crippen molar-refractivity contribution in [2.24, 2.45) is 5.92 Å². The summed E-state index contributed by atoms with van der Waals surface area (Å²) in [6.45, 7) is 2.52. The molecule has 2 N–H and O–H groups in total. The van der Waals surface area contributed by atoms with Gasteiger partial charge in [-0.3, -0.25) is 9.89 Å². The van der Waals surface area contributed by atoms with E-state index in [2.05, 4.69) is 27.2 Å². The van der Waals surface area contributed by atoms with Gasteiger partial charge in [-0.1, -0.05) is 19.1 Å². The van der Waals surface area contributed by atoms with E-state index >= 15 is 0 Å². The Morgan fingerprint density at radius 2 is 2.19 bits per heavy atom. The summed E-state index contributed by atoms with van der Waals surface area (Å²) < 4.78 is 29.3. The third-order valence-corrected chi connectivity index (χ3v) is 4.80. The standard InChI is InChI=1S/C19H24F2N4O2/c1-2-22-11-13-6-8-25(9-7-13)18(26)16-12-23-24-17(16)14-4-3-5-15(10-14)27-19(20)21/h3-5,10,12-13,19,22H,2,6-9,11H2,1H3,(H,23,24). The van der Waals surface area contributed by atoms with Gasteiger partial charge in [-0.05, 0) is 44.0 Å². The maximum absolute atomic E-state index is 12.9. The van der Waals surface area contributed by atoms with Crippen LogP contribution < -0.4 is 10.1 Å². The third kappa shape index (κ3) is 4.82. The Balaban J connectivity index is 1.71. The van der Waals surface area contributed by atoms with Crippen LogP contribution in [0.5, 0.6) is 5.75 Å². The first-order chi connectivity index (χ1) is 13.1. The van der Waals surface area contributed by atoms with Gasteiger partial charge in [0.1, 0.15) is 5.75 Å². The van der Waals surface area contributed by atoms with E-state index in [0.717, 1.165) is 25.9 Å². The van der Waals surface area contributed by atoms with Crippen molar-refractivity contribution in [3.8, 4) is 17.0 Å². The first kappa shape index (κ1) is 19.3. The van der Waals surface area contributed by atoms with Crippen LogP contribution in [0.3, 0.4) is 0 Å². The predicted molar refractivity (Wildman–Crippen MR) is 97.8 cm³/mol. The van der Waals surface area contributed by atoms with Crippen LogP contribution in [0.4, 0.5) is 8.78 Å². The summed E-state index contributed by atoms with van der Waals surface area (Å²) in [5.41, 5.74) is 1.53. The Hall–Kier alpha value is -2.48. The number of amides is 1. The summed E-state index contributed by atoms with van der Waals surface area (Å²) in [6.07, 6.45) is 3.41. The van der Waals surface area contributed by atoms with Gasteiger partial charge in [0.25, 0.3) is 5.91 Å². The van der Waals surface area contributed by atoms with E-state index in [1.165, 1.54) is 18.3 Å². The Bertz CT molecular complexity index is 758. The van der Waals surface area contributed by atoms with Gasteiger partial charge >= 0.3 is 6.61 Å². The van der Waals surface area contributed by atoms with Crippen molar-refractivity contribution in [1.29, 1.82) is 0 Å². The van der Waals surface area contributed by atoms with E-state index in [4.69, 9.17) is 0 Å². The topological polar surface area (TPSA) is 70.2 Å². The number of nitrogens with zero attached hydrogens (tertiary/aromatic N) is 2. The molecule has 0 atom stereocenters. The van der Waals surface area contributed by atoms with Crippen LogP contribution in [0, 0.1) is 5.92 Å². The fraction of sp³-hybridized carbons (Fsp3) is 0.474. The first-order valence-electron chi connectivity index (χ1n) is 9.17. The van der Waals surface area contributed by atoms with Crippen LogP contribution in [0.2, 0.25) is 0 Å². The highest BCUT2D eigenvalue weighted by Crippen LogP contribution is 2.28. The van der Waals surface area contributed by atoms with Crippen LogP contribution in [-0.4, -0.2) is 53.8 Å². The van der Waals surface area contributed by atoms with Crippen LogP contribution >= 0.6 is 0 Å². The summed E-state index contributed by atoms with van der Waals surface area (Å²) in [5, 5.41) is 10.2. The van der Waals surface area contributed by atoms with Crippen molar-refractivity contribution in [2.75, 3.05) is 26.2 Å². The highest BCUT2D eigenvalue weighted by molar-refractivity contribution is 5.99. The number of carbonyl (C=O) groups is 1. The average molecular weight is 378 g/mol. The quantitative estimate of drug-likeness (QED) is 0.777. The van der Waals surface area contributed by atoms with Gasteiger partial charge in [-0.2, -0.15) is 13.9 Å². The molecule has 2 heterocycles. The Labute approximate surface area is 156 Å². The number of nitrogens with one attached hydrogen (secondary N) is 2. The molecule has 0 unspecified atom stereocenters. The molecule has 6 nitrogen and oxygen atoms in total. The van der Waals surface area contributed by atoms with Gasteiger partial charge in [0, 0.05) is 18.7 Å². The summed E-state index contributed by atoms with van der Waals surface area (Å²) in [6, 6.07) is 6.25. The van der Waals surface area contributed by atoms with Gasteiger partial charge in [0.2, 0.25) is 0 Å². The highest BCUT2D eigenvalue weighted by atomic mass is 19.3. The van der Waals surface area contributed by atoms with E-state index in [9.17, 15) is 13.6 Å². The summed E-state index contributed by atoms with van der Waals surface area (Å²) >= 11 is 0. The predicted octanol–water partition coefficient (Wildman–Crippen LogP) is 3.14. The monoisotopic (exact) mass is 378 g/mol. The second-order valence-corrected chi connectivity index (χ2v) is 6.61. The first-order valence-corrected chi connectivity index (χ1v) is 9.17. The molecule has 1 fully saturated rings. The van der Waals surface area contributed by atoms with Gasteiger partial charge in [0.05, 0.1) is 17.5 Å². The number of piperidine rings is 1. The lowest BCUT2D eigenvalue weighted by atomic mass is 9.96. The zero-order valence-corrected chi connectivity index (χ0v) is 15.3. The number of H-pyrrole nitrogens is 1. The van der Waals surface area contributed by atoms with E-state index in [1.54, 1.807) is 12.1 Å². The second-order valence-electron chi connectivity index (χ2n) is 6.61. The molecule has 2 aromatic rings. The lowest BCUT2D eigenvalue weighted by molar-refractivity contribution is -0.0498. The van der Waals surface area contributed by atoms with Gasteiger partial charge < -0.3 is 15.0 Å². The third-order valence-electron chi connectivity index (χ3n) is 4.80. The molecule has 3 rings (SSSR count). The molecule has 0 spiro atoms.